The summed E-state index contributed by atoms with van der Waals surface area (Å²) in [6, 6.07) is 8.02. The summed E-state index contributed by atoms with van der Waals surface area (Å²) < 4.78 is 0. The second-order valence-corrected chi connectivity index (χ2v) is 2.50. The van der Waals surface area contributed by atoms with Gasteiger partial charge in [-0.1, -0.05) is 67.8 Å². The first-order chi connectivity index (χ1) is 6.29. The molecule has 0 spiro atoms. The van der Waals surface area contributed by atoms with Gasteiger partial charge < -0.3 is 0 Å². The predicted octanol–water partition coefficient (Wildman–Crippen LogP) is 4.34. The van der Waals surface area contributed by atoms with Crippen LogP contribution in [0.15, 0.2) is 49.5 Å². The summed E-state index contributed by atoms with van der Waals surface area (Å²) in [4.78, 5) is 0. The molecule has 0 bridgehead atoms. The van der Waals surface area contributed by atoms with Gasteiger partial charge in [-0.3, -0.25) is 0 Å². The molecule has 1 aromatic rings. The van der Waals surface area contributed by atoms with Crippen LogP contribution in [0.25, 0.3) is 12.2 Å². The van der Waals surface area contributed by atoms with Gasteiger partial charge in [0.1, 0.15) is 0 Å². The molecule has 0 aliphatic carbocycles. The molecule has 1 rings (SSSR count). The first-order valence-electron chi connectivity index (χ1n) is 3.85. The number of hydrogen-bond donors (Lipinski definition) is 0. The molecular weight excluding hydrogens is 180 g/mol. The van der Waals surface area contributed by atoms with Gasteiger partial charge in [-0.25, -0.2) is 0 Å². The average Bonchev–Trinajstić information content (AvgIpc) is 2.19. The highest BCUT2D eigenvalue weighted by Gasteiger charge is 1.89. The topological polar surface area (TPSA) is 0 Å². The standard InChI is InChI=1S/C10H10.C2H3Cl/c1-3-9-7-5-6-8-10(9)4-2;1-2-3/h3-8H,1-2H2;2H,1H2. The fourth-order valence-electron chi connectivity index (χ4n) is 0.883. The van der Waals surface area contributed by atoms with Gasteiger partial charge in [0, 0.05) is 0 Å². The van der Waals surface area contributed by atoms with Crippen LogP contribution < -0.4 is 0 Å². The molecule has 0 nitrogen and oxygen atoms in total. The zero-order valence-electron chi connectivity index (χ0n) is 7.54. The van der Waals surface area contributed by atoms with Crippen LogP contribution in [0.1, 0.15) is 11.1 Å². The van der Waals surface area contributed by atoms with E-state index in [0.29, 0.717) is 0 Å². The van der Waals surface area contributed by atoms with Crippen molar-refractivity contribution in [3.63, 3.8) is 0 Å². The van der Waals surface area contributed by atoms with Crippen LogP contribution in [0.3, 0.4) is 0 Å². The Bertz CT molecular complexity index is 260. The first-order valence-corrected chi connectivity index (χ1v) is 4.28. The van der Waals surface area contributed by atoms with E-state index < -0.39 is 0 Å². The number of halogens is 1. The molecule has 1 heteroatoms. The summed E-state index contributed by atoms with van der Waals surface area (Å²) in [5.74, 6) is 0. The lowest BCUT2D eigenvalue weighted by molar-refractivity contribution is 1.62. The molecular formula is C12H13Cl. The Hall–Kier alpha value is -1.27. The summed E-state index contributed by atoms with van der Waals surface area (Å²) in [7, 11) is 0. The van der Waals surface area contributed by atoms with E-state index in [4.69, 9.17) is 11.6 Å². The van der Waals surface area contributed by atoms with Crippen molar-refractivity contribution in [1.29, 1.82) is 0 Å². The Kier molecular flexibility index (Phi) is 6.66. The van der Waals surface area contributed by atoms with Crippen molar-refractivity contribution in [2.75, 3.05) is 0 Å². The molecule has 0 radical (unpaired) electrons. The summed E-state index contributed by atoms with van der Waals surface area (Å²) in [5, 5.41) is 0. The molecule has 0 heterocycles. The van der Waals surface area contributed by atoms with Gasteiger partial charge in [0.2, 0.25) is 0 Å². The molecule has 1 aromatic carbocycles. The fourth-order valence-corrected chi connectivity index (χ4v) is 0.883. The van der Waals surface area contributed by atoms with Crippen molar-refractivity contribution < 1.29 is 0 Å². The maximum absolute atomic E-state index is 4.76. The number of rotatable bonds is 2. The van der Waals surface area contributed by atoms with E-state index in [1.165, 1.54) is 5.54 Å². The van der Waals surface area contributed by atoms with Crippen LogP contribution >= 0.6 is 11.6 Å². The second-order valence-electron chi connectivity index (χ2n) is 2.19. The Labute approximate surface area is 84.9 Å². The lowest BCUT2D eigenvalue weighted by Crippen LogP contribution is -1.76. The SMILES string of the molecule is C=CCl.C=Cc1ccccc1C=C. The van der Waals surface area contributed by atoms with Crippen molar-refractivity contribution in [3.8, 4) is 0 Å². The third kappa shape index (κ3) is 4.34. The van der Waals surface area contributed by atoms with Gasteiger partial charge >= 0.3 is 0 Å². The lowest BCUT2D eigenvalue weighted by Gasteiger charge is -1.96. The first kappa shape index (κ1) is 11.7. The minimum absolute atomic E-state index is 1.14. The molecule has 0 aromatic heterocycles. The maximum Gasteiger partial charge on any atom is -0.00296 e. The van der Waals surface area contributed by atoms with Crippen LogP contribution in [0.5, 0.6) is 0 Å². The lowest BCUT2D eigenvalue weighted by atomic mass is 10.1. The third-order valence-corrected chi connectivity index (χ3v) is 1.44. The van der Waals surface area contributed by atoms with Crippen molar-refractivity contribution in [1.82, 2.24) is 0 Å². The zero-order valence-corrected chi connectivity index (χ0v) is 8.30. The van der Waals surface area contributed by atoms with Crippen molar-refractivity contribution in [2.45, 2.75) is 0 Å². The highest BCUT2D eigenvalue weighted by atomic mass is 35.5. The van der Waals surface area contributed by atoms with Gasteiger partial charge in [-0.05, 0) is 16.7 Å². The van der Waals surface area contributed by atoms with E-state index in [-0.39, 0.29) is 0 Å². The summed E-state index contributed by atoms with van der Waals surface area (Å²) >= 11 is 4.76. The third-order valence-electron chi connectivity index (χ3n) is 1.44. The van der Waals surface area contributed by atoms with Gasteiger partial charge in [0.25, 0.3) is 0 Å². The van der Waals surface area contributed by atoms with Crippen molar-refractivity contribution in [2.24, 2.45) is 0 Å². The predicted molar refractivity (Wildman–Crippen MR) is 62.7 cm³/mol. The quantitative estimate of drug-likeness (QED) is 0.654. The summed E-state index contributed by atoms with van der Waals surface area (Å²) in [6.45, 7) is 10.5. The van der Waals surface area contributed by atoms with Crippen LogP contribution in [0.4, 0.5) is 0 Å². The Morgan fingerprint density at radius 1 is 0.923 bits per heavy atom. The Balaban J connectivity index is 0.000000424. The normalized spacial score (nSPS) is 7.77. The zero-order chi connectivity index (χ0) is 10.1. The van der Waals surface area contributed by atoms with Gasteiger partial charge in [-0.2, -0.15) is 0 Å². The van der Waals surface area contributed by atoms with Crippen molar-refractivity contribution in [3.05, 3.63) is 60.7 Å². The molecule has 0 amide bonds. The van der Waals surface area contributed by atoms with E-state index in [1.54, 1.807) is 0 Å². The smallest absolute Gasteiger partial charge is 0.00296 e. The van der Waals surface area contributed by atoms with E-state index in [9.17, 15) is 0 Å². The molecule has 0 saturated carbocycles. The largest absolute Gasteiger partial charge is 0.0984 e. The minimum atomic E-state index is 1.14. The van der Waals surface area contributed by atoms with Gasteiger partial charge in [-0.15, -0.1) is 0 Å². The van der Waals surface area contributed by atoms with Crippen LogP contribution in [0, 0.1) is 0 Å². The second kappa shape index (κ2) is 7.38. The highest BCUT2D eigenvalue weighted by molar-refractivity contribution is 6.25. The molecule has 0 aliphatic heterocycles. The van der Waals surface area contributed by atoms with Gasteiger partial charge in [0.05, 0.1) is 0 Å². The molecule has 0 fully saturated rings. The molecule has 0 N–H and O–H groups in total. The molecule has 0 aliphatic rings. The molecule has 13 heavy (non-hydrogen) atoms. The summed E-state index contributed by atoms with van der Waals surface area (Å²) in [6.07, 6.45) is 3.66. The molecule has 0 saturated heterocycles. The maximum atomic E-state index is 4.76. The van der Waals surface area contributed by atoms with Crippen molar-refractivity contribution >= 4 is 23.8 Å². The van der Waals surface area contributed by atoms with E-state index in [0.717, 1.165) is 11.1 Å². The molecule has 68 valence electrons. The Morgan fingerprint density at radius 2 is 1.23 bits per heavy atom. The van der Waals surface area contributed by atoms with E-state index in [2.05, 4.69) is 19.7 Å². The molecule has 0 unspecified atom stereocenters. The fraction of sp³-hybridized carbons (Fsp3) is 0. The number of benzene rings is 1. The van der Waals surface area contributed by atoms with Crippen LogP contribution in [-0.2, 0) is 0 Å². The van der Waals surface area contributed by atoms with E-state index >= 15 is 0 Å². The average molecular weight is 193 g/mol. The molecule has 0 atom stereocenters. The Morgan fingerprint density at radius 3 is 1.46 bits per heavy atom. The van der Waals surface area contributed by atoms with E-state index in [1.807, 2.05) is 36.4 Å². The van der Waals surface area contributed by atoms with Crippen LogP contribution in [-0.4, -0.2) is 0 Å². The number of hydrogen-bond acceptors (Lipinski definition) is 0. The summed E-state index contributed by atoms with van der Waals surface area (Å²) in [5.41, 5.74) is 3.50. The highest BCUT2D eigenvalue weighted by Crippen LogP contribution is 2.10. The monoisotopic (exact) mass is 192 g/mol. The minimum Gasteiger partial charge on any atom is -0.0984 e. The van der Waals surface area contributed by atoms with Gasteiger partial charge in [0.15, 0.2) is 0 Å². The van der Waals surface area contributed by atoms with Crippen LogP contribution in [0.2, 0.25) is 0 Å².